The van der Waals surface area contributed by atoms with Crippen molar-refractivity contribution < 1.29 is 28.2 Å². The van der Waals surface area contributed by atoms with Crippen LogP contribution in [-0.4, -0.2) is 37.0 Å². The highest BCUT2D eigenvalue weighted by molar-refractivity contribution is 6.00. The number of para-hydroxylation sites is 2. The molecule has 1 atom stereocenters. The summed E-state index contributed by atoms with van der Waals surface area (Å²) < 4.78 is 23.5. The Balaban J connectivity index is 1.44. The zero-order valence-corrected chi connectivity index (χ0v) is 15.7. The Kier molecular flexibility index (Phi) is 6.28. The van der Waals surface area contributed by atoms with E-state index in [0.717, 1.165) is 0 Å². The third kappa shape index (κ3) is 5.22. The van der Waals surface area contributed by atoms with E-state index in [1.54, 1.807) is 31.2 Å². The number of nitrogens with zero attached hydrogens (tertiary/aromatic N) is 1. The normalized spacial score (nSPS) is 15.2. The molecule has 1 heterocycles. The molecule has 8 nitrogen and oxygen atoms in total. The number of anilines is 1. The molecule has 0 fully saturated rings. The fourth-order valence-electron chi connectivity index (χ4n) is 2.72. The van der Waals surface area contributed by atoms with Crippen molar-refractivity contribution >= 4 is 23.4 Å². The number of hydrogen-bond donors (Lipinski definition) is 2. The van der Waals surface area contributed by atoms with E-state index < -0.39 is 23.7 Å². The number of carbonyl (C=O) groups excluding carboxylic acids is 3. The SMILES string of the molecule is CC1Oc2ccccc2N(CCC(=O)NNC(=O)COc2ccc(F)cc2)C1=O. The summed E-state index contributed by atoms with van der Waals surface area (Å²) in [6, 6.07) is 12.3. The molecular weight excluding hydrogens is 381 g/mol. The predicted octanol–water partition coefficient (Wildman–Crippen LogP) is 1.56. The second kappa shape index (κ2) is 9.05. The van der Waals surface area contributed by atoms with E-state index in [1.165, 1.54) is 29.2 Å². The van der Waals surface area contributed by atoms with Gasteiger partial charge in [0.1, 0.15) is 17.3 Å². The van der Waals surface area contributed by atoms with Crippen LogP contribution in [-0.2, 0) is 14.4 Å². The molecule has 2 aromatic rings. The van der Waals surface area contributed by atoms with E-state index in [0.29, 0.717) is 17.2 Å². The van der Waals surface area contributed by atoms with Gasteiger partial charge in [0, 0.05) is 13.0 Å². The zero-order valence-electron chi connectivity index (χ0n) is 15.7. The lowest BCUT2D eigenvalue weighted by Gasteiger charge is -2.32. The van der Waals surface area contributed by atoms with E-state index in [1.807, 2.05) is 0 Å². The van der Waals surface area contributed by atoms with Gasteiger partial charge in [-0.3, -0.25) is 25.2 Å². The molecule has 0 aliphatic carbocycles. The van der Waals surface area contributed by atoms with Gasteiger partial charge in [0.15, 0.2) is 12.7 Å². The molecule has 0 spiro atoms. The molecule has 29 heavy (non-hydrogen) atoms. The molecule has 152 valence electrons. The molecule has 1 unspecified atom stereocenters. The Hall–Kier alpha value is -3.62. The molecule has 3 amide bonds. The molecule has 9 heteroatoms. The average Bonchev–Trinajstić information content (AvgIpc) is 2.72. The molecule has 1 aliphatic heterocycles. The molecule has 0 radical (unpaired) electrons. The highest BCUT2D eigenvalue weighted by atomic mass is 19.1. The summed E-state index contributed by atoms with van der Waals surface area (Å²) in [5.74, 6) is -0.801. The molecule has 0 aromatic heterocycles. The summed E-state index contributed by atoms with van der Waals surface area (Å²) in [7, 11) is 0. The minimum atomic E-state index is -0.642. The van der Waals surface area contributed by atoms with Gasteiger partial charge in [0.05, 0.1) is 5.69 Å². The molecule has 2 N–H and O–H groups in total. The summed E-state index contributed by atoms with van der Waals surface area (Å²) in [4.78, 5) is 37.6. The monoisotopic (exact) mass is 401 g/mol. The Bertz CT molecular complexity index is 903. The first-order chi connectivity index (χ1) is 13.9. The number of benzene rings is 2. The number of rotatable bonds is 6. The number of amides is 3. The van der Waals surface area contributed by atoms with Gasteiger partial charge in [-0.05, 0) is 43.3 Å². The van der Waals surface area contributed by atoms with Gasteiger partial charge in [-0.2, -0.15) is 0 Å². The third-order valence-electron chi connectivity index (χ3n) is 4.16. The molecule has 2 aromatic carbocycles. The summed E-state index contributed by atoms with van der Waals surface area (Å²) in [5, 5.41) is 0. The number of carbonyl (C=O) groups is 3. The van der Waals surface area contributed by atoms with Gasteiger partial charge in [-0.1, -0.05) is 12.1 Å². The van der Waals surface area contributed by atoms with Gasteiger partial charge in [0.25, 0.3) is 11.8 Å². The van der Waals surface area contributed by atoms with Crippen LogP contribution in [0.5, 0.6) is 11.5 Å². The summed E-state index contributed by atoms with van der Waals surface area (Å²) in [6.07, 6.45) is -0.664. The van der Waals surface area contributed by atoms with E-state index >= 15 is 0 Å². The Morgan fingerprint density at radius 1 is 1.10 bits per heavy atom. The highest BCUT2D eigenvalue weighted by Gasteiger charge is 2.31. The van der Waals surface area contributed by atoms with Gasteiger partial charge in [-0.25, -0.2) is 4.39 Å². The topological polar surface area (TPSA) is 97.0 Å². The van der Waals surface area contributed by atoms with Crippen LogP contribution in [0, 0.1) is 5.82 Å². The lowest BCUT2D eigenvalue weighted by molar-refractivity contribution is -0.130. The minimum absolute atomic E-state index is 0.0219. The number of nitrogens with one attached hydrogen (secondary N) is 2. The van der Waals surface area contributed by atoms with Crippen LogP contribution >= 0.6 is 0 Å². The van der Waals surface area contributed by atoms with Crippen molar-refractivity contribution in [1.82, 2.24) is 10.9 Å². The zero-order chi connectivity index (χ0) is 20.8. The van der Waals surface area contributed by atoms with Crippen molar-refractivity contribution in [1.29, 1.82) is 0 Å². The number of hydrazine groups is 1. The largest absolute Gasteiger partial charge is 0.484 e. The van der Waals surface area contributed by atoms with Crippen LogP contribution in [0.3, 0.4) is 0 Å². The standard InChI is InChI=1S/C20H20FN3O5/c1-13-20(27)24(16-4-2-3-5-17(16)29-13)11-10-18(25)22-23-19(26)12-28-15-8-6-14(21)7-9-15/h2-9,13H,10-12H2,1H3,(H,22,25)(H,23,26). The van der Waals surface area contributed by atoms with Crippen molar-refractivity contribution in [3.63, 3.8) is 0 Å². The van der Waals surface area contributed by atoms with Crippen molar-refractivity contribution in [3.8, 4) is 11.5 Å². The van der Waals surface area contributed by atoms with E-state index in [4.69, 9.17) is 9.47 Å². The van der Waals surface area contributed by atoms with E-state index in [9.17, 15) is 18.8 Å². The van der Waals surface area contributed by atoms with Crippen LogP contribution in [0.15, 0.2) is 48.5 Å². The summed E-state index contributed by atoms with van der Waals surface area (Å²) >= 11 is 0. The first-order valence-electron chi connectivity index (χ1n) is 8.97. The van der Waals surface area contributed by atoms with E-state index in [2.05, 4.69) is 10.9 Å². The molecule has 0 bridgehead atoms. The Morgan fingerprint density at radius 2 is 1.79 bits per heavy atom. The van der Waals surface area contributed by atoms with Crippen molar-refractivity contribution in [3.05, 3.63) is 54.3 Å². The van der Waals surface area contributed by atoms with Crippen LogP contribution < -0.4 is 25.2 Å². The molecular formula is C20H20FN3O5. The molecule has 1 aliphatic rings. The predicted molar refractivity (Wildman–Crippen MR) is 102 cm³/mol. The average molecular weight is 401 g/mol. The number of ether oxygens (including phenoxy) is 2. The van der Waals surface area contributed by atoms with Gasteiger partial charge >= 0.3 is 0 Å². The molecule has 0 saturated carbocycles. The fourth-order valence-corrected chi connectivity index (χ4v) is 2.72. The maximum atomic E-state index is 12.8. The van der Waals surface area contributed by atoms with Crippen LogP contribution in [0.2, 0.25) is 0 Å². The van der Waals surface area contributed by atoms with Crippen LogP contribution in [0.4, 0.5) is 10.1 Å². The maximum absolute atomic E-state index is 12.8. The number of halogens is 1. The van der Waals surface area contributed by atoms with Crippen molar-refractivity contribution in [2.75, 3.05) is 18.1 Å². The van der Waals surface area contributed by atoms with Crippen LogP contribution in [0.1, 0.15) is 13.3 Å². The second-order valence-corrected chi connectivity index (χ2v) is 6.31. The van der Waals surface area contributed by atoms with Gasteiger partial charge < -0.3 is 14.4 Å². The lowest BCUT2D eigenvalue weighted by atomic mass is 10.1. The van der Waals surface area contributed by atoms with Crippen molar-refractivity contribution in [2.24, 2.45) is 0 Å². The van der Waals surface area contributed by atoms with E-state index in [-0.39, 0.29) is 25.5 Å². The molecule has 3 rings (SSSR count). The summed E-state index contributed by atoms with van der Waals surface area (Å²) in [5.41, 5.74) is 5.09. The van der Waals surface area contributed by atoms with Gasteiger partial charge in [0.2, 0.25) is 5.91 Å². The molecule has 0 saturated heterocycles. The first kappa shape index (κ1) is 20.1. The minimum Gasteiger partial charge on any atom is -0.484 e. The lowest BCUT2D eigenvalue weighted by Crippen LogP contribution is -2.48. The highest BCUT2D eigenvalue weighted by Crippen LogP contribution is 2.33. The number of hydrogen-bond acceptors (Lipinski definition) is 5. The first-order valence-corrected chi connectivity index (χ1v) is 8.97. The smallest absolute Gasteiger partial charge is 0.276 e. The quantitative estimate of drug-likeness (QED) is 0.716. The fraction of sp³-hybridized carbons (Fsp3) is 0.250. The second-order valence-electron chi connectivity index (χ2n) is 6.31. The summed E-state index contributed by atoms with van der Waals surface area (Å²) in [6.45, 7) is 1.43. The maximum Gasteiger partial charge on any atom is 0.276 e. The number of fused-ring (bicyclic) bond motifs is 1. The third-order valence-corrected chi connectivity index (χ3v) is 4.16. The Morgan fingerprint density at radius 3 is 2.55 bits per heavy atom. The van der Waals surface area contributed by atoms with Crippen molar-refractivity contribution in [2.45, 2.75) is 19.4 Å². The Labute approximate surface area is 166 Å². The van der Waals surface area contributed by atoms with Gasteiger partial charge in [-0.15, -0.1) is 0 Å². The van der Waals surface area contributed by atoms with Crippen LogP contribution in [0.25, 0.3) is 0 Å².